The number of carbonyl (C=O) groups is 2. The summed E-state index contributed by atoms with van der Waals surface area (Å²) in [5.41, 5.74) is 1.79. The van der Waals surface area contributed by atoms with Crippen LogP contribution in [0.1, 0.15) is 18.2 Å². The van der Waals surface area contributed by atoms with Gasteiger partial charge >= 0.3 is 6.03 Å². The summed E-state index contributed by atoms with van der Waals surface area (Å²) in [6.07, 6.45) is 0. The van der Waals surface area contributed by atoms with E-state index in [4.69, 9.17) is 4.42 Å². The van der Waals surface area contributed by atoms with Gasteiger partial charge in [0.05, 0.1) is 6.67 Å². The second kappa shape index (κ2) is 5.71. The molecule has 0 bridgehead atoms. The van der Waals surface area contributed by atoms with E-state index in [0.717, 1.165) is 22.3 Å². The smallest absolute Gasteiger partial charge is 0.319 e. The van der Waals surface area contributed by atoms with E-state index in [1.807, 2.05) is 38.1 Å². The fourth-order valence-electron chi connectivity index (χ4n) is 2.73. The molecule has 0 atom stereocenters. The fraction of sp³-hybridized carbons (Fsp3) is 0.375. The molecule has 0 saturated carbocycles. The van der Waals surface area contributed by atoms with E-state index >= 15 is 0 Å². The molecule has 0 spiro atoms. The summed E-state index contributed by atoms with van der Waals surface area (Å²) >= 11 is 0. The van der Waals surface area contributed by atoms with Crippen LogP contribution in [0.4, 0.5) is 4.79 Å². The number of nitrogens with one attached hydrogen (secondary N) is 1. The van der Waals surface area contributed by atoms with E-state index in [0.29, 0.717) is 19.8 Å². The molecule has 1 aliphatic heterocycles. The molecule has 3 amide bonds. The summed E-state index contributed by atoms with van der Waals surface area (Å²) in [4.78, 5) is 27.0. The molecule has 1 N–H and O–H groups in total. The van der Waals surface area contributed by atoms with Gasteiger partial charge in [0.25, 0.3) is 0 Å². The normalized spacial score (nSPS) is 14.9. The van der Waals surface area contributed by atoms with E-state index in [1.54, 1.807) is 4.90 Å². The summed E-state index contributed by atoms with van der Waals surface area (Å²) in [6.45, 7) is 5.30. The number of likely N-dealkylation sites (N-methyl/N-ethyl adjacent to an activating group) is 1. The first-order valence-electron chi connectivity index (χ1n) is 7.37. The van der Waals surface area contributed by atoms with Gasteiger partial charge in [0.2, 0.25) is 5.91 Å². The Morgan fingerprint density at radius 2 is 2.14 bits per heavy atom. The Labute approximate surface area is 128 Å². The Hall–Kier alpha value is -2.50. The van der Waals surface area contributed by atoms with Gasteiger partial charge in [-0.05, 0) is 19.9 Å². The number of para-hydroxylation sites is 1. The number of benzene rings is 1. The predicted octanol–water partition coefficient (Wildman–Crippen LogP) is 2.07. The third-order valence-corrected chi connectivity index (χ3v) is 4.01. The number of furan rings is 1. The van der Waals surface area contributed by atoms with Gasteiger partial charge in [0, 0.05) is 24.0 Å². The maximum atomic E-state index is 12.2. The lowest BCUT2D eigenvalue weighted by molar-refractivity contribution is -0.126. The number of hydrogen-bond donors (Lipinski definition) is 1. The van der Waals surface area contributed by atoms with Crippen LogP contribution in [0.2, 0.25) is 0 Å². The largest absolute Gasteiger partial charge is 0.461 e. The molecule has 1 saturated heterocycles. The van der Waals surface area contributed by atoms with E-state index in [9.17, 15) is 9.59 Å². The molecule has 116 valence electrons. The van der Waals surface area contributed by atoms with Crippen molar-refractivity contribution in [2.24, 2.45) is 0 Å². The second-order valence-electron chi connectivity index (χ2n) is 5.38. The minimum absolute atomic E-state index is 0.0115. The highest BCUT2D eigenvalue weighted by atomic mass is 16.3. The minimum Gasteiger partial charge on any atom is -0.461 e. The number of urea groups is 1. The van der Waals surface area contributed by atoms with Crippen LogP contribution in [0.3, 0.4) is 0 Å². The lowest BCUT2D eigenvalue weighted by Crippen LogP contribution is -2.39. The number of fused-ring (bicyclic) bond motifs is 1. The molecule has 0 radical (unpaired) electrons. The summed E-state index contributed by atoms with van der Waals surface area (Å²) in [7, 11) is 0. The average Bonchev–Trinajstić information content (AvgIpc) is 3.04. The molecule has 1 fully saturated rings. The molecule has 3 rings (SSSR count). The fourth-order valence-corrected chi connectivity index (χ4v) is 2.73. The highest BCUT2D eigenvalue weighted by Crippen LogP contribution is 2.25. The van der Waals surface area contributed by atoms with Crippen molar-refractivity contribution < 1.29 is 14.0 Å². The van der Waals surface area contributed by atoms with Crippen molar-refractivity contribution in [2.45, 2.75) is 20.4 Å². The quantitative estimate of drug-likeness (QED) is 0.944. The van der Waals surface area contributed by atoms with E-state index in [1.165, 1.54) is 4.90 Å². The number of amides is 3. The van der Waals surface area contributed by atoms with Crippen molar-refractivity contribution in [2.75, 3.05) is 19.8 Å². The lowest BCUT2D eigenvalue weighted by Gasteiger charge is -2.17. The van der Waals surface area contributed by atoms with Crippen molar-refractivity contribution in [3.8, 4) is 0 Å². The van der Waals surface area contributed by atoms with Crippen LogP contribution in [-0.2, 0) is 11.3 Å². The van der Waals surface area contributed by atoms with E-state index in [-0.39, 0.29) is 18.5 Å². The topological polar surface area (TPSA) is 65.8 Å². The van der Waals surface area contributed by atoms with Gasteiger partial charge in [-0.2, -0.15) is 0 Å². The highest BCUT2D eigenvalue weighted by Gasteiger charge is 2.29. The van der Waals surface area contributed by atoms with Gasteiger partial charge in [-0.25, -0.2) is 4.79 Å². The van der Waals surface area contributed by atoms with E-state index < -0.39 is 0 Å². The molecular weight excluding hydrogens is 282 g/mol. The first-order chi connectivity index (χ1) is 10.6. The molecule has 6 heteroatoms. The number of rotatable bonds is 3. The summed E-state index contributed by atoms with van der Waals surface area (Å²) < 4.78 is 5.68. The highest BCUT2D eigenvalue weighted by molar-refractivity contribution is 5.87. The number of hydrogen-bond acceptors (Lipinski definition) is 3. The predicted molar refractivity (Wildman–Crippen MR) is 82.1 cm³/mol. The van der Waals surface area contributed by atoms with Crippen LogP contribution in [-0.4, -0.2) is 41.5 Å². The second-order valence-corrected chi connectivity index (χ2v) is 5.38. The van der Waals surface area contributed by atoms with Gasteiger partial charge in [-0.1, -0.05) is 18.2 Å². The summed E-state index contributed by atoms with van der Waals surface area (Å²) in [5.74, 6) is 0.789. The maximum absolute atomic E-state index is 12.2. The summed E-state index contributed by atoms with van der Waals surface area (Å²) in [5, 5.41) is 3.88. The molecule has 2 aromatic rings. The zero-order valence-electron chi connectivity index (χ0n) is 12.8. The Kier molecular flexibility index (Phi) is 3.75. The molecule has 0 unspecified atom stereocenters. The molecule has 0 aliphatic carbocycles. The van der Waals surface area contributed by atoms with Gasteiger partial charge in [0.15, 0.2) is 0 Å². The SMILES string of the molecule is CCN1CN(C(=O)NCc2c(C)oc3ccccc23)CC1=O. The van der Waals surface area contributed by atoms with Gasteiger partial charge in [0.1, 0.15) is 17.9 Å². The van der Waals surface area contributed by atoms with Gasteiger partial charge < -0.3 is 14.6 Å². The van der Waals surface area contributed by atoms with Crippen LogP contribution in [0.15, 0.2) is 28.7 Å². The summed E-state index contributed by atoms with van der Waals surface area (Å²) in [6, 6.07) is 7.52. The number of nitrogens with zero attached hydrogens (tertiary/aromatic N) is 2. The molecule has 1 aromatic carbocycles. The van der Waals surface area contributed by atoms with Crippen molar-refractivity contribution in [1.29, 1.82) is 0 Å². The Morgan fingerprint density at radius 3 is 2.86 bits per heavy atom. The van der Waals surface area contributed by atoms with Crippen LogP contribution < -0.4 is 5.32 Å². The number of carbonyl (C=O) groups excluding carboxylic acids is 2. The number of aryl methyl sites for hydroxylation is 1. The molecule has 6 nitrogen and oxygen atoms in total. The standard InChI is InChI=1S/C16H19N3O3/c1-3-18-10-19(9-15(18)20)16(21)17-8-13-11(2)22-14-7-5-4-6-12(13)14/h4-7H,3,8-10H2,1-2H3,(H,17,21). The zero-order chi connectivity index (χ0) is 15.7. The molecule has 1 aromatic heterocycles. The minimum atomic E-state index is -0.228. The monoisotopic (exact) mass is 301 g/mol. The first kappa shape index (κ1) is 14.4. The van der Waals surface area contributed by atoms with Crippen LogP contribution in [0.5, 0.6) is 0 Å². The lowest BCUT2D eigenvalue weighted by atomic mass is 10.1. The zero-order valence-corrected chi connectivity index (χ0v) is 12.8. The van der Waals surface area contributed by atoms with E-state index in [2.05, 4.69) is 5.32 Å². The average molecular weight is 301 g/mol. The molecular formula is C16H19N3O3. The molecule has 1 aliphatic rings. The molecule has 2 heterocycles. The maximum Gasteiger partial charge on any atom is 0.319 e. The van der Waals surface area contributed by atoms with Crippen molar-refractivity contribution >= 4 is 22.9 Å². The van der Waals surface area contributed by atoms with Gasteiger partial charge in [-0.3, -0.25) is 9.69 Å². The van der Waals surface area contributed by atoms with Crippen molar-refractivity contribution in [3.05, 3.63) is 35.6 Å². The third kappa shape index (κ3) is 2.52. The Morgan fingerprint density at radius 1 is 1.36 bits per heavy atom. The Bertz CT molecular complexity index is 722. The van der Waals surface area contributed by atoms with Crippen LogP contribution >= 0.6 is 0 Å². The Balaban J connectivity index is 1.68. The van der Waals surface area contributed by atoms with Crippen LogP contribution in [0, 0.1) is 6.92 Å². The third-order valence-electron chi connectivity index (χ3n) is 4.01. The first-order valence-corrected chi connectivity index (χ1v) is 7.37. The van der Waals surface area contributed by atoms with Crippen LogP contribution in [0.25, 0.3) is 11.0 Å². The van der Waals surface area contributed by atoms with Gasteiger partial charge in [-0.15, -0.1) is 0 Å². The van der Waals surface area contributed by atoms with Crippen molar-refractivity contribution in [3.63, 3.8) is 0 Å². The van der Waals surface area contributed by atoms with Crippen molar-refractivity contribution in [1.82, 2.24) is 15.1 Å². The molecule has 22 heavy (non-hydrogen) atoms.